The fourth-order valence-corrected chi connectivity index (χ4v) is 3.64. The van der Waals surface area contributed by atoms with E-state index in [0.717, 1.165) is 12.0 Å². The van der Waals surface area contributed by atoms with E-state index >= 15 is 0 Å². The van der Waals surface area contributed by atoms with Gasteiger partial charge in [-0.2, -0.15) is 11.8 Å². The molecule has 0 bridgehead atoms. The Kier molecular flexibility index (Phi) is 5.25. The first kappa shape index (κ1) is 15.1. The Balaban J connectivity index is 2.09. The summed E-state index contributed by atoms with van der Waals surface area (Å²) in [5.41, 5.74) is 6.89. The Morgan fingerprint density at radius 1 is 1.55 bits per heavy atom. The van der Waals surface area contributed by atoms with Crippen LogP contribution in [0.5, 0.6) is 0 Å². The van der Waals surface area contributed by atoms with Crippen LogP contribution in [0.15, 0.2) is 23.4 Å². The third kappa shape index (κ3) is 3.43. The highest BCUT2D eigenvalue weighted by Crippen LogP contribution is 2.28. The smallest absolute Gasteiger partial charge is 0.170 e. The van der Waals surface area contributed by atoms with E-state index in [4.69, 9.17) is 10.9 Å². The molecule has 0 aromatic heterocycles. The van der Waals surface area contributed by atoms with Crippen molar-refractivity contribution in [3.05, 3.63) is 35.1 Å². The molecule has 0 amide bonds. The number of rotatable bonds is 5. The summed E-state index contributed by atoms with van der Waals surface area (Å²) in [6.07, 6.45) is 5.75. The van der Waals surface area contributed by atoms with Gasteiger partial charge in [0.05, 0.1) is 0 Å². The van der Waals surface area contributed by atoms with Crippen LogP contribution in [0, 0.1) is 5.82 Å². The maximum atomic E-state index is 13.3. The van der Waals surface area contributed by atoms with E-state index in [-0.39, 0.29) is 5.84 Å². The summed E-state index contributed by atoms with van der Waals surface area (Å²) in [7, 11) is 0. The molecule has 4 N–H and O–H groups in total. The molecule has 2 unspecified atom stereocenters. The predicted octanol–water partition coefficient (Wildman–Crippen LogP) is 2.29. The molecule has 1 aliphatic carbocycles. The van der Waals surface area contributed by atoms with Gasteiger partial charge in [-0.05, 0) is 36.8 Å². The molecule has 1 aromatic rings. The van der Waals surface area contributed by atoms with E-state index in [1.165, 1.54) is 25.0 Å². The van der Waals surface area contributed by atoms with Crippen LogP contribution in [-0.2, 0) is 6.54 Å². The number of nitrogens with two attached hydrogens (primary N) is 1. The molecule has 0 saturated heterocycles. The van der Waals surface area contributed by atoms with E-state index in [2.05, 4.69) is 16.7 Å². The van der Waals surface area contributed by atoms with Crippen molar-refractivity contribution < 1.29 is 9.60 Å². The number of benzene rings is 1. The lowest BCUT2D eigenvalue weighted by atomic mass is 10.1. The summed E-state index contributed by atoms with van der Waals surface area (Å²) in [6.45, 7) is 0.591. The Morgan fingerprint density at radius 2 is 2.35 bits per heavy atom. The molecular formula is C14H20FN3OS. The van der Waals surface area contributed by atoms with Crippen LogP contribution in [0.4, 0.5) is 4.39 Å². The van der Waals surface area contributed by atoms with Gasteiger partial charge in [0.15, 0.2) is 5.84 Å². The first-order valence-electron chi connectivity index (χ1n) is 6.68. The van der Waals surface area contributed by atoms with E-state index in [0.29, 0.717) is 23.4 Å². The second-order valence-corrected chi connectivity index (χ2v) is 6.06. The number of oxime groups is 1. The highest BCUT2D eigenvalue weighted by Gasteiger charge is 2.26. The average Bonchev–Trinajstić information content (AvgIpc) is 2.92. The molecule has 0 heterocycles. The van der Waals surface area contributed by atoms with Gasteiger partial charge < -0.3 is 16.3 Å². The number of hydrogen-bond acceptors (Lipinski definition) is 4. The van der Waals surface area contributed by atoms with Gasteiger partial charge in [0, 0.05) is 23.4 Å². The maximum Gasteiger partial charge on any atom is 0.170 e. The minimum Gasteiger partial charge on any atom is -0.409 e. The van der Waals surface area contributed by atoms with E-state index in [1.54, 1.807) is 6.07 Å². The predicted molar refractivity (Wildman–Crippen MR) is 80.7 cm³/mol. The Labute approximate surface area is 122 Å². The first-order valence-corrected chi connectivity index (χ1v) is 7.97. The SMILES string of the molecule is CSC1CCCC1NCc1ccc(F)cc1/C(N)=N/O. The molecule has 110 valence electrons. The normalized spacial score (nSPS) is 23.2. The molecular weight excluding hydrogens is 277 g/mol. The Hall–Kier alpha value is -1.27. The van der Waals surface area contributed by atoms with Gasteiger partial charge >= 0.3 is 0 Å². The van der Waals surface area contributed by atoms with Crippen molar-refractivity contribution in [2.24, 2.45) is 10.9 Å². The summed E-state index contributed by atoms with van der Waals surface area (Å²) in [4.78, 5) is 0. The Morgan fingerprint density at radius 3 is 3.05 bits per heavy atom. The van der Waals surface area contributed by atoms with Gasteiger partial charge in [-0.1, -0.05) is 17.6 Å². The molecule has 1 aromatic carbocycles. The fraction of sp³-hybridized carbons (Fsp3) is 0.500. The molecule has 6 heteroatoms. The summed E-state index contributed by atoms with van der Waals surface area (Å²) in [6, 6.07) is 4.84. The maximum absolute atomic E-state index is 13.3. The van der Waals surface area contributed by atoms with Gasteiger partial charge in [-0.15, -0.1) is 0 Å². The lowest BCUT2D eigenvalue weighted by molar-refractivity contribution is 0.318. The topological polar surface area (TPSA) is 70.6 Å². The van der Waals surface area contributed by atoms with Gasteiger partial charge in [-0.3, -0.25) is 0 Å². The van der Waals surface area contributed by atoms with Gasteiger partial charge in [0.25, 0.3) is 0 Å². The molecule has 2 atom stereocenters. The van der Waals surface area contributed by atoms with Crippen LogP contribution in [0.1, 0.15) is 30.4 Å². The molecule has 1 saturated carbocycles. The largest absolute Gasteiger partial charge is 0.409 e. The quantitative estimate of drug-likeness (QED) is 0.337. The van der Waals surface area contributed by atoms with Crippen LogP contribution < -0.4 is 11.1 Å². The Bertz CT molecular complexity index is 495. The monoisotopic (exact) mass is 297 g/mol. The number of hydrogen-bond donors (Lipinski definition) is 3. The fourth-order valence-electron chi connectivity index (χ4n) is 2.68. The van der Waals surface area contributed by atoms with Crippen LogP contribution >= 0.6 is 11.8 Å². The second kappa shape index (κ2) is 6.95. The zero-order valence-electron chi connectivity index (χ0n) is 11.5. The molecule has 2 rings (SSSR count). The zero-order chi connectivity index (χ0) is 14.5. The third-order valence-electron chi connectivity index (χ3n) is 3.77. The summed E-state index contributed by atoms with van der Waals surface area (Å²) < 4.78 is 13.3. The summed E-state index contributed by atoms with van der Waals surface area (Å²) in [5.74, 6) is -0.452. The van der Waals surface area contributed by atoms with Crippen LogP contribution in [0.2, 0.25) is 0 Å². The molecule has 20 heavy (non-hydrogen) atoms. The van der Waals surface area contributed by atoms with Gasteiger partial charge in [-0.25, -0.2) is 4.39 Å². The van der Waals surface area contributed by atoms with Crippen LogP contribution in [0.3, 0.4) is 0 Å². The molecule has 0 radical (unpaired) electrons. The van der Waals surface area contributed by atoms with Crippen molar-refractivity contribution in [1.29, 1.82) is 0 Å². The molecule has 1 aliphatic rings. The van der Waals surface area contributed by atoms with Crippen molar-refractivity contribution in [1.82, 2.24) is 5.32 Å². The number of nitrogens with one attached hydrogen (secondary N) is 1. The first-order chi connectivity index (χ1) is 9.65. The molecule has 1 fully saturated rings. The average molecular weight is 297 g/mol. The minimum absolute atomic E-state index is 0.0610. The van der Waals surface area contributed by atoms with E-state index < -0.39 is 5.82 Å². The van der Waals surface area contributed by atoms with Crippen LogP contribution in [-0.4, -0.2) is 28.6 Å². The van der Waals surface area contributed by atoms with Crippen molar-refractivity contribution in [3.8, 4) is 0 Å². The van der Waals surface area contributed by atoms with Crippen LogP contribution in [0.25, 0.3) is 0 Å². The van der Waals surface area contributed by atoms with E-state index in [9.17, 15) is 4.39 Å². The van der Waals surface area contributed by atoms with Gasteiger partial charge in [0.1, 0.15) is 5.82 Å². The van der Waals surface area contributed by atoms with E-state index in [1.807, 2.05) is 11.8 Å². The summed E-state index contributed by atoms with van der Waals surface area (Å²) >= 11 is 1.88. The van der Waals surface area contributed by atoms with Crippen molar-refractivity contribution in [3.63, 3.8) is 0 Å². The molecule has 0 spiro atoms. The number of amidine groups is 1. The van der Waals surface area contributed by atoms with Crippen molar-refractivity contribution in [2.75, 3.05) is 6.26 Å². The third-order valence-corrected chi connectivity index (χ3v) is 4.94. The lowest BCUT2D eigenvalue weighted by Gasteiger charge is -2.20. The lowest BCUT2D eigenvalue weighted by Crippen LogP contribution is -2.34. The summed E-state index contributed by atoms with van der Waals surface area (Å²) in [5, 5.41) is 15.9. The van der Waals surface area contributed by atoms with Gasteiger partial charge in [0.2, 0.25) is 0 Å². The second-order valence-electron chi connectivity index (χ2n) is 4.98. The number of thioether (sulfide) groups is 1. The zero-order valence-corrected chi connectivity index (χ0v) is 12.3. The number of nitrogens with zero attached hydrogens (tertiary/aromatic N) is 1. The van der Waals surface area contributed by atoms with Crippen molar-refractivity contribution in [2.45, 2.75) is 37.1 Å². The van der Waals surface area contributed by atoms with Crippen molar-refractivity contribution >= 4 is 17.6 Å². The molecule has 0 aliphatic heterocycles. The highest BCUT2D eigenvalue weighted by molar-refractivity contribution is 7.99. The number of halogens is 1. The highest BCUT2D eigenvalue weighted by atomic mass is 32.2. The minimum atomic E-state index is -0.391. The standard InChI is InChI=1S/C14H20FN3OS/c1-20-13-4-2-3-12(13)17-8-9-5-6-10(15)7-11(9)14(16)18-19/h5-7,12-13,17,19H,2-4,8H2,1H3,(H2,16,18). The molecule has 4 nitrogen and oxygen atoms in total.